The van der Waals surface area contributed by atoms with Crippen LogP contribution in [-0.4, -0.2) is 39.2 Å². The summed E-state index contributed by atoms with van der Waals surface area (Å²) in [4.78, 5) is 2.17. The minimum absolute atomic E-state index is 0.295. The molecule has 0 aliphatic heterocycles. The van der Waals surface area contributed by atoms with E-state index in [1.54, 1.807) is 13.8 Å². The molecule has 0 bridgehead atoms. The van der Waals surface area contributed by atoms with Gasteiger partial charge in [-0.15, -0.1) is 4.79 Å². The Bertz CT molecular complexity index is 1310. The lowest BCUT2D eigenvalue weighted by molar-refractivity contribution is 0.00380. The van der Waals surface area contributed by atoms with Gasteiger partial charge in [-0.3, -0.25) is 0 Å². The molecule has 0 heterocycles. The number of ether oxygens (including phenoxy) is 2. The number of nitrogens with zero attached hydrogens (tertiary/aromatic N) is 2. The average molecular weight is 635 g/mol. The van der Waals surface area contributed by atoms with Crippen molar-refractivity contribution < 1.29 is 31.1 Å². The van der Waals surface area contributed by atoms with Crippen LogP contribution in [0.4, 0.5) is 0 Å². The van der Waals surface area contributed by atoms with Gasteiger partial charge in [0.05, 0.1) is 23.0 Å². The van der Waals surface area contributed by atoms with Gasteiger partial charge in [-0.05, 0) is 74.2 Å². The third kappa shape index (κ3) is 11.4. The van der Waals surface area contributed by atoms with E-state index >= 15 is 0 Å². The van der Waals surface area contributed by atoms with Crippen LogP contribution in [0.2, 0.25) is 0 Å². The summed E-state index contributed by atoms with van der Waals surface area (Å²) in [5.41, 5.74) is 10.7. The molecule has 10 heteroatoms. The standard InChI is InChI=1S/C33H50N2O6S2/c1-5-7-9-11-13-15-17-23-40-31-21-19-29(25-27(31)3)42(36,37)33(35-34)43(38,39)30-20-22-32(28(4)26-30)41-24-18-16-14-12-10-8-6-2/h19-22,25-26H,5-18,23-24H2,1-4H3. The van der Waals surface area contributed by atoms with E-state index in [2.05, 4.69) is 18.6 Å². The zero-order valence-corrected chi connectivity index (χ0v) is 28.1. The largest absolute Gasteiger partial charge is 0.504 e. The van der Waals surface area contributed by atoms with Gasteiger partial charge in [0.25, 0.3) is 19.7 Å². The summed E-state index contributed by atoms with van der Waals surface area (Å²) in [5.74, 6) is 1.05. The zero-order chi connectivity index (χ0) is 31.7. The summed E-state index contributed by atoms with van der Waals surface area (Å²) < 4.78 is 63.8. The summed E-state index contributed by atoms with van der Waals surface area (Å²) in [6.07, 6.45) is 16.1. The average Bonchev–Trinajstić information content (AvgIpc) is 2.97. The zero-order valence-electron chi connectivity index (χ0n) is 26.4. The number of rotatable bonds is 20. The van der Waals surface area contributed by atoms with Crippen molar-refractivity contribution >= 4 is 24.1 Å². The maximum atomic E-state index is 13.4. The number of hydrogen-bond donors (Lipinski definition) is 0. The number of sulfone groups is 2. The van der Waals surface area contributed by atoms with E-state index in [4.69, 9.17) is 9.47 Å². The van der Waals surface area contributed by atoms with Gasteiger partial charge in [0.15, 0.2) is 0 Å². The van der Waals surface area contributed by atoms with Crippen LogP contribution in [-0.2, 0) is 19.7 Å². The van der Waals surface area contributed by atoms with Crippen molar-refractivity contribution in [2.75, 3.05) is 13.2 Å². The fourth-order valence-electron chi connectivity index (χ4n) is 4.84. The van der Waals surface area contributed by atoms with Gasteiger partial charge in [0, 0.05) is 0 Å². The van der Waals surface area contributed by atoms with Gasteiger partial charge in [-0.25, -0.2) is 16.8 Å². The highest BCUT2D eigenvalue weighted by molar-refractivity contribution is 8.31. The van der Waals surface area contributed by atoms with Gasteiger partial charge in [0.2, 0.25) is 0 Å². The van der Waals surface area contributed by atoms with Crippen molar-refractivity contribution in [1.82, 2.24) is 0 Å². The van der Waals surface area contributed by atoms with Crippen LogP contribution in [0.3, 0.4) is 0 Å². The summed E-state index contributed by atoms with van der Waals surface area (Å²) in [6, 6.07) is 8.23. The quantitative estimate of drug-likeness (QED) is 0.0474. The second kappa shape index (κ2) is 18.9. The maximum absolute atomic E-state index is 13.4. The molecule has 0 spiro atoms. The molecule has 0 aliphatic rings. The van der Waals surface area contributed by atoms with E-state index in [0.29, 0.717) is 35.8 Å². The normalized spacial score (nSPS) is 11.7. The fraction of sp³-hybridized carbons (Fsp3) is 0.606. The van der Waals surface area contributed by atoms with E-state index in [1.807, 2.05) is 0 Å². The van der Waals surface area contributed by atoms with Gasteiger partial charge < -0.3 is 15.0 Å². The van der Waals surface area contributed by atoms with Gasteiger partial charge in [-0.2, -0.15) is 0 Å². The van der Waals surface area contributed by atoms with Crippen LogP contribution < -0.4 is 9.47 Å². The molecule has 2 aromatic rings. The van der Waals surface area contributed by atoms with E-state index in [-0.39, 0.29) is 9.79 Å². The van der Waals surface area contributed by atoms with E-state index in [9.17, 15) is 22.4 Å². The highest BCUT2D eigenvalue weighted by atomic mass is 32.3. The van der Waals surface area contributed by atoms with Gasteiger partial charge in [-0.1, -0.05) is 90.9 Å². The van der Waals surface area contributed by atoms with Gasteiger partial charge in [0.1, 0.15) is 11.5 Å². The number of aryl methyl sites for hydroxylation is 2. The molecule has 2 aromatic carbocycles. The molecule has 0 aromatic heterocycles. The summed E-state index contributed by atoms with van der Waals surface area (Å²) in [6.45, 7) is 8.79. The molecule has 0 radical (unpaired) electrons. The van der Waals surface area contributed by atoms with Crippen LogP contribution in [0.5, 0.6) is 11.5 Å². The predicted octanol–water partition coefficient (Wildman–Crippen LogP) is 8.40. The van der Waals surface area contributed by atoms with Crippen molar-refractivity contribution in [2.45, 2.75) is 127 Å². The molecule has 0 unspecified atom stereocenters. The lowest BCUT2D eigenvalue weighted by Gasteiger charge is -2.11. The van der Waals surface area contributed by atoms with Crippen LogP contribution in [0.25, 0.3) is 5.53 Å². The topological polar surface area (TPSA) is 123 Å². The number of benzene rings is 2. The van der Waals surface area contributed by atoms with Crippen LogP contribution in [0, 0.1) is 13.8 Å². The molecule has 240 valence electrons. The minimum atomic E-state index is -4.66. The highest BCUT2D eigenvalue weighted by Crippen LogP contribution is 2.28. The van der Waals surface area contributed by atoms with Crippen molar-refractivity contribution in [1.29, 1.82) is 0 Å². The van der Waals surface area contributed by atoms with Crippen LogP contribution in [0.1, 0.15) is 115 Å². The van der Waals surface area contributed by atoms with Gasteiger partial charge >= 0.3 is 4.38 Å². The highest BCUT2D eigenvalue weighted by Gasteiger charge is 2.44. The molecule has 0 fully saturated rings. The van der Waals surface area contributed by atoms with Crippen molar-refractivity contribution in [2.24, 2.45) is 0 Å². The first kappa shape index (κ1) is 36.5. The van der Waals surface area contributed by atoms with Crippen molar-refractivity contribution in [3.63, 3.8) is 0 Å². The Morgan fingerprint density at radius 2 is 0.953 bits per heavy atom. The van der Waals surface area contributed by atoms with Crippen molar-refractivity contribution in [3.05, 3.63) is 53.1 Å². The maximum Gasteiger partial charge on any atom is 0.504 e. The Hall–Kier alpha value is -2.68. The summed E-state index contributed by atoms with van der Waals surface area (Å²) >= 11 is 0. The SMILES string of the molecule is CCCCCCCCCOc1ccc(S(=O)(=O)C(=[N+]=[N-])S(=O)(=O)c2ccc(OCCCCCCCCC)c(C)c2)cc1C. The molecule has 0 saturated heterocycles. The Labute approximate surface area is 259 Å². The molecule has 0 N–H and O–H groups in total. The molecule has 43 heavy (non-hydrogen) atoms. The smallest absolute Gasteiger partial charge is 0.493 e. The van der Waals surface area contributed by atoms with E-state index in [0.717, 1.165) is 38.5 Å². The number of hydrogen-bond acceptors (Lipinski definition) is 6. The first-order valence-corrected chi connectivity index (χ1v) is 18.7. The second-order valence-corrected chi connectivity index (χ2v) is 15.2. The predicted molar refractivity (Wildman–Crippen MR) is 172 cm³/mol. The molecule has 8 nitrogen and oxygen atoms in total. The lowest BCUT2D eigenvalue weighted by Crippen LogP contribution is -2.26. The first-order valence-electron chi connectivity index (χ1n) is 15.8. The molecule has 2 rings (SSSR count). The molecule has 0 aliphatic carbocycles. The molecular formula is C33H50N2O6S2. The third-order valence-electron chi connectivity index (χ3n) is 7.47. The lowest BCUT2D eigenvalue weighted by atomic mass is 10.1. The Morgan fingerprint density at radius 1 is 0.605 bits per heavy atom. The monoisotopic (exact) mass is 634 g/mol. The van der Waals surface area contributed by atoms with Crippen molar-refractivity contribution in [3.8, 4) is 11.5 Å². The Morgan fingerprint density at radius 3 is 1.28 bits per heavy atom. The Kier molecular flexibility index (Phi) is 16.0. The summed E-state index contributed by atoms with van der Waals surface area (Å²) in [5, 5.41) is 0. The molecule has 0 atom stereocenters. The first-order chi connectivity index (χ1) is 20.6. The number of unbranched alkanes of at least 4 members (excludes halogenated alkanes) is 12. The van der Waals surface area contributed by atoms with Crippen LogP contribution >= 0.6 is 0 Å². The minimum Gasteiger partial charge on any atom is -0.493 e. The third-order valence-corrected chi connectivity index (χ3v) is 11.6. The Balaban J connectivity index is 2.04. The van der Waals surface area contributed by atoms with Crippen LogP contribution in [0.15, 0.2) is 46.2 Å². The van der Waals surface area contributed by atoms with E-state index < -0.39 is 24.1 Å². The second-order valence-electron chi connectivity index (χ2n) is 11.2. The molecule has 0 saturated carbocycles. The fourth-order valence-corrected chi connectivity index (χ4v) is 8.35. The molecule has 0 amide bonds. The summed E-state index contributed by atoms with van der Waals surface area (Å²) in [7, 11) is -9.33. The van der Waals surface area contributed by atoms with E-state index in [1.165, 1.54) is 87.8 Å². The molecular weight excluding hydrogens is 585 g/mol.